The molecule has 1 saturated carbocycles. The molecule has 0 heterocycles. The highest BCUT2D eigenvalue weighted by atomic mass is 16.5. The molecule has 1 aliphatic carbocycles. The molecule has 19 heavy (non-hydrogen) atoms. The molecule has 1 aliphatic rings. The van der Waals surface area contributed by atoms with Gasteiger partial charge in [0.15, 0.2) is 0 Å². The van der Waals surface area contributed by atoms with Gasteiger partial charge >= 0.3 is 5.97 Å². The number of carbonyl (C=O) groups is 1. The summed E-state index contributed by atoms with van der Waals surface area (Å²) in [5.74, 6) is 0.914. The lowest BCUT2D eigenvalue weighted by atomic mass is 9.78. The van der Waals surface area contributed by atoms with Crippen LogP contribution in [0.15, 0.2) is 24.3 Å². The standard InChI is InChI=1S/C16H23NO2/c1-11(2)14-6-4-5-7-15(14)17-13-8-12(9-13)10-16(18)19-3/h4-7,11-13,17H,8-10H2,1-3H3. The monoisotopic (exact) mass is 261 g/mol. The van der Waals surface area contributed by atoms with Crippen molar-refractivity contribution >= 4 is 11.7 Å². The van der Waals surface area contributed by atoms with Gasteiger partial charge in [0, 0.05) is 18.2 Å². The molecule has 0 aromatic heterocycles. The zero-order valence-electron chi connectivity index (χ0n) is 12.0. The maximum absolute atomic E-state index is 11.2. The molecule has 0 atom stereocenters. The first-order valence-corrected chi connectivity index (χ1v) is 7.02. The minimum Gasteiger partial charge on any atom is -0.469 e. The van der Waals surface area contributed by atoms with Gasteiger partial charge in [-0.1, -0.05) is 32.0 Å². The molecule has 0 aliphatic heterocycles. The number of carbonyl (C=O) groups excluding carboxylic acids is 1. The van der Waals surface area contributed by atoms with Crippen molar-refractivity contribution in [2.45, 2.75) is 45.1 Å². The van der Waals surface area contributed by atoms with Crippen LogP contribution >= 0.6 is 0 Å². The maximum Gasteiger partial charge on any atom is 0.305 e. The van der Waals surface area contributed by atoms with Crippen molar-refractivity contribution in [3.05, 3.63) is 29.8 Å². The smallest absolute Gasteiger partial charge is 0.305 e. The van der Waals surface area contributed by atoms with Crippen LogP contribution in [0.3, 0.4) is 0 Å². The van der Waals surface area contributed by atoms with Gasteiger partial charge in [0.05, 0.1) is 7.11 Å². The fraction of sp³-hybridized carbons (Fsp3) is 0.562. The molecule has 1 N–H and O–H groups in total. The number of para-hydroxylation sites is 1. The summed E-state index contributed by atoms with van der Waals surface area (Å²) in [5, 5.41) is 3.60. The second-order valence-electron chi connectivity index (χ2n) is 5.70. The fourth-order valence-electron chi connectivity index (χ4n) is 2.69. The van der Waals surface area contributed by atoms with Gasteiger partial charge in [0.2, 0.25) is 0 Å². The second-order valence-corrected chi connectivity index (χ2v) is 5.70. The Balaban J connectivity index is 1.86. The minimum atomic E-state index is -0.0916. The number of ether oxygens (including phenoxy) is 1. The summed E-state index contributed by atoms with van der Waals surface area (Å²) in [6.07, 6.45) is 2.67. The molecule has 0 bridgehead atoms. The lowest BCUT2D eigenvalue weighted by Gasteiger charge is -2.36. The van der Waals surface area contributed by atoms with Crippen LogP contribution in [0.2, 0.25) is 0 Å². The van der Waals surface area contributed by atoms with E-state index in [0.717, 1.165) is 12.8 Å². The van der Waals surface area contributed by atoms with Gasteiger partial charge in [-0.3, -0.25) is 4.79 Å². The Morgan fingerprint density at radius 2 is 2.05 bits per heavy atom. The highest BCUT2D eigenvalue weighted by molar-refractivity contribution is 5.69. The first kappa shape index (κ1) is 13.9. The molecule has 0 radical (unpaired) electrons. The highest BCUT2D eigenvalue weighted by Gasteiger charge is 2.31. The topological polar surface area (TPSA) is 38.3 Å². The van der Waals surface area contributed by atoms with E-state index < -0.39 is 0 Å². The molecule has 3 heteroatoms. The Morgan fingerprint density at radius 3 is 2.68 bits per heavy atom. The number of nitrogens with one attached hydrogen (secondary N) is 1. The first-order valence-electron chi connectivity index (χ1n) is 7.02. The molecule has 104 valence electrons. The largest absolute Gasteiger partial charge is 0.469 e. The second kappa shape index (κ2) is 6.09. The SMILES string of the molecule is COC(=O)CC1CC(Nc2ccccc2C(C)C)C1. The quantitative estimate of drug-likeness (QED) is 0.824. The lowest BCUT2D eigenvalue weighted by molar-refractivity contribution is -0.142. The van der Waals surface area contributed by atoms with Crippen molar-refractivity contribution in [1.82, 2.24) is 0 Å². The molecule has 1 aromatic rings. The Hall–Kier alpha value is -1.51. The first-order chi connectivity index (χ1) is 9.10. The van der Waals surface area contributed by atoms with Crippen LogP contribution in [-0.2, 0) is 9.53 Å². The van der Waals surface area contributed by atoms with E-state index in [9.17, 15) is 4.79 Å². The highest BCUT2D eigenvalue weighted by Crippen LogP contribution is 2.34. The molecule has 1 fully saturated rings. The van der Waals surface area contributed by atoms with Crippen LogP contribution in [0.4, 0.5) is 5.69 Å². The van der Waals surface area contributed by atoms with E-state index in [2.05, 4.69) is 43.4 Å². The van der Waals surface area contributed by atoms with Crippen LogP contribution in [0.1, 0.15) is 44.6 Å². The number of esters is 1. The normalized spacial score (nSPS) is 21.9. The number of anilines is 1. The summed E-state index contributed by atoms with van der Waals surface area (Å²) in [7, 11) is 1.45. The van der Waals surface area contributed by atoms with Crippen molar-refractivity contribution < 1.29 is 9.53 Å². The average molecular weight is 261 g/mol. The van der Waals surface area contributed by atoms with E-state index in [4.69, 9.17) is 4.74 Å². The van der Waals surface area contributed by atoms with E-state index in [-0.39, 0.29) is 5.97 Å². The molecular formula is C16H23NO2. The molecule has 0 amide bonds. The van der Waals surface area contributed by atoms with E-state index in [1.54, 1.807) is 0 Å². The van der Waals surface area contributed by atoms with Gasteiger partial charge in [0.1, 0.15) is 0 Å². The molecule has 3 nitrogen and oxygen atoms in total. The molecule has 0 unspecified atom stereocenters. The number of benzene rings is 1. The summed E-state index contributed by atoms with van der Waals surface area (Å²) >= 11 is 0. The predicted octanol–water partition coefficient (Wildman–Crippen LogP) is 3.56. The Labute approximate surface area is 115 Å². The summed E-state index contributed by atoms with van der Waals surface area (Å²) in [5.41, 5.74) is 2.60. The van der Waals surface area contributed by atoms with Gasteiger partial charge in [0.25, 0.3) is 0 Å². The molecule has 0 spiro atoms. The summed E-state index contributed by atoms with van der Waals surface area (Å²) < 4.78 is 4.70. The van der Waals surface area contributed by atoms with Crippen LogP contribution < -0.4 is 5.32 Å². The number of hydrogen-bond donors (Lipinski definition) is 1. The molecule has 2 rings (SSSR count). The van der Waals surface area contributed by atoms with Crippen molar-refractivity contribution in [2.24, 2.45) is 5.92 Å². The van der Waals surface area contributed by atoms with Crippen molar-refractivity contribution in [1.29, 1.82) is 0 Å². The fourth-order valence-corrected chi connectivity index (χ4v) is 2.69. The van der Waals surface area contributed by atoms with Crippen LogP contribution in [0.25, 0.3) is 0 Å². The van der Waals surface area contributed by atoms with Crippen LogP contribution in [-0.4, -0.2) is 19.1 Å². The van der Waals surface area contributed by atoms with Crippen molar-refractivity contribution in [2.75, 3.05) is 12.4 Å². The average Bonchev–Trinajstić information content (AvgIpc) is 2.36. The third-order valence-electron chi connectivity index (χ3n) is 3.86. The predicted molar refractivity (Wildman–Crippen MR) is 77.3 cm³/mol. The van der Waals surface area contributed by atoms with Crippen LogP contribution in [0, 0.1) is 5.92 Å². The zero-order chi connectivity index (χ0) is 13.8. The summed E-state index contributed by atoms with van der Waals surface area (Å²) in [6.45, 7) is 4.42. The number of methoxy groups -OCH3 is 1. The van der Waals surface area contributed by atoms with Gasteiger partial charge in [-0.2, -0.15) is 0 Å². The van der Waals surface area contributed by atoms with Gasteiger partial charge in [-0.25, -0.2) is 0 Å². The molecule has 0 saturated heterocycles. The van der Waals surface area contributed by atoms with Crippen molar-refractivity contribution in [3.8, 4) is 0 Å². The van der Waals surface area contributed by atoms with Gasteiger partial charge in [-0.05, 0) is 36.3 Å². The van der Waals surface area contributed by atoms with E-state index in [1.807, 2.05) is 0 Å². The Bertz CT molecular complexity index is 436. The Morgan fingerprint density at radius 1 is 1.37 bits per heavy atom. The van der Waals surface area contributed by atoms with E-state index in [0.29, 0.717) is 24.3 Å². The molecular weight excluding hydrogens is 238 g/mol. The van der Waals surface area contributed by atoms with Crippen molar-refractivity contribution in [3.63, 3.8) is 0 Å². The summed E-state index contributed by atoms with van der Waals surface area (Å²) in [6, 6.07) is 8.97. The number of rotatable bonds is 5. The van der Waals surface area contributed by atoms with Crippen LogP contribution in [0.5, 0.6) is 0 Å². The summed E-state index contributed by atoms with van der Waals surface area (Å²) in [4.78, 5) is 11.2. The number of hydrogen-bond acceptors (Lipinski definition) is 3. The van der Waals surface area contributed by atoms with Gasteiger partial charge in [-0.15, -0.1) is 0 Å². The maximum atomic E-state index is 11.2. The minimum absolute atomic E-state index is 0.0916. The van der Waals surface area contributed by atoms with Gasteiger partial charge < -0.3 is 10.1 Å². The third-order valence-corrected chi connectivity index (χ3v) is 3.86. The van der Waals surface area contributed by atoms with E-state index >= 15 is 0 Å². The zero-order valence-corrected chi connectivity index (χ0v) is 12.0. The molecule has 1 aromatic carbocycles. The Kier molecular flexibility index (Phi) is 4.46. The third kappa shape index (κ3) is 3.49. The van der Waals surface area contributed by atoms with E-state index in [1.165, 1.54) is 18.4 Å². The lowest BCUT2D eigenvalue weighted by Crippen LogP contribution is -2.36.